The Morgan fingerprint density at radius 3 is 2.61 bits per heavy atom. The molecule has 2 radical (unpaired) electrons. The largest absolute Gasteiger partial charge is 1.00 e. The van der Waals surface area contributed by atoms with E-state index in [0.29, 0.717) is 11.4 Å². The zero-order valence-electron chi connectivity index (χ0n) is 12.3. The van der Waals surface area contributed by atoms with Gasteiger partial charge in [0.2, 0.25) is 10.9 Å². The van der Waals surface area contributed by atoms with E-state index < -0.39 is 17.5 Å². The molecule has 0 amide bonds. The van der Waals surface area contributed by atoms with Crippen molar-refractivity contribution in [1.82, 2.24) is 0 Å². The maximum Gasteiger partial charge on any atom is 0.537 e. The van der Waals surface area contributed by atoms with E-state index in [4.69, 9.17) is 4.74 Å². The number of hydrogen-bond acceptors (Lipinski definition) is 5. The molecule has 0 unspecified atom stereocenters. The van der Waals surface area contributed by atoms with Crippen LogP contribution in [0.4, 0.5) is 17.1 Å². The highest BCUT2D eigenvalue weighted by Crippen LogP contribution is 2.52. The van der Waals surface area contributed by atoms with Gasteiger partial charge in [-0.1, -0.05) is 0 Å². The fourth-order valence-electron chi connectivity index (χ4n) is 2.24. The molecule has 0 bridgehead atoms. The summed E-state index contributed by atoms with van der Waals surface area (Å²) in [6.45, 7) is 0. The van der Waals surface area contributed by atoms with E-state index in [2.05, 4.69) is 5.32 Å². The fourth-order valence-corrected chi connectivity index (χ4v) is 2.24. The lowest BCUT2D eigenvalue weighted by molar-refractivity contribution is -0.0000222. The summed E-state index contributed by atoms with van der Waals surface area (Å²) < 4.78 is 5.57. The first-order valence-corrected chi connectivity index (χ1v) is 6.45. The number of phenolic OH excluding ortho intramolecular Hbond substituents is 1. The highest BCUT2D eigenvalue weighted by Gasteiger charge is 2.34. The van der Waals surface area contributed by atoms with Crippen LogP contribution in [0.5, 0.6) is 23.0 Å². The number of aromatic carboxylic acids is 1. The van der Waals surface area contributed by atoms with Crippen molar-refractivity contribution in [2.75, 3.05) is 24.3 Å². The number of nitrogens with one attached hydrogen (secondary N) is 1. The number of rotatable bonds is 2. The van der Waals surface area contributed by atoms with Crippen molar-refractivity contribution < 1.29 is 37.3 Å². The predicted octanol–water partition coefficient (Wildman–Crippen LogP) is 0.153. The number of halogens is 1. The summed E-state index contributed by atoms with van der Waals surface area (Å²) in [4.78, 5) is 13.1. The van der Waals surface area contributed by atoms with Gasteiger partial charge >= 0.3 is 11.7 Å². The third-order valence-corrected chi connectivity index (χ3v) is 3.40. The Morgan fingerprint density at radius 2 is 2.00 bits per heavy atom. The van der Waals surface area contributed by atoms with E-state index in [-0.39, 0.29) is 29.4 Å². The molecular weight excluding hydrogens is 324 g/mol. The zero-order valence-corrected chi connectivity index (χ0v) is 13.0. The predicted molar refractivity (Wildman–Crippen MR) is 79.3 cm³/mol. The Hall–Kier alpha value is -2.80. The Labute approximate surface area is 138 Å². The first-order valence-electron chi connectivity index (χ1n) is 6.45. The lowest BCUT2D eigenvalue weighted by atomic mass is 10.1. The Kier molecular flexibility index (Phi) is 4.16. The average Bonchev–Trinajstić information content (AvgIpc) is 2.48. The summed E-state index contributed by atoms with van der Waals surface area (Å²) in [5.41, 5.74) is 1.23. The molecule has 0 fully saturated rings. The van der Waals surface area contributed by atoms with Crippen LogP contribution >= 0.6 is 0 Å². The summed E-state index contributed by atoms with van der Waals surface area (Å²) in [6.07, 6.45) is 0. The molecule has 1 heterocycles. The van der Waals surface area contributed by atoms with Crippen LogP contribution in [-0.4, -0.2) is 30.3 Å². The molecule has 8 heteroatoms. The van der Waals surface area contributed by atoms with Crippen molar-refractivity contribution >= 4 is 23.0 Å². The summed E-state index contributed by atoms with van der Waals surface area (Å²) in [5.74, 6) is -2.47. The van der Waals surface area contributed by atoms with Gasteiger partial charge in [0.15, 0.2) is 5.75 Å². The number of nitrogens with zero attached hydrogens (tertiary/aromatic N) is 1. The Balaban J connectivity index is 0.00000192. The van der Waals surface area contributed by atoms with E-state index in [1.807, 2.05) is 25.1 Å². The molecular formula is C15H13ClN2O5. The number of anilines is 3. The molecule has 0 aromatic heterocycles. The van der Waals surface area contributed by atoms with Gasteiger partial charge < -0.3 is 37.6 Å². The van der Waals surface area contributed by atoms with E-state index in [9.17, 15) is 20.1 Å². The molecule has 0 aliphatic carbocycles. The SMILES string of the molecule is CN(C)c1ccc2c(c1)Oc1c(O)c([O+])cc(C(=O)O)c1N2.[Cl-]. The van der Waals surface area contributed by atoms with Crippen molar-refractivity contribution in [3.8, 4) is 23.0 Å². The summed E-state index contributed by atoms with van der Waals surface area (Å²) in [6, 6.07) is 6.17. The molecule has 1 aliphatic heterocycles. The number of ether oxygens (including phenoxy) is 1. The molecule has 2 aromatic rings. The van der Waals surface area contributed by atoms with Crippen LogP contribution in [0.15, 0.2) is 24.3 Å². The number of carbonyl (C=O) groups is 1. The van der Waals surface area contributed by atoms with E-state index in [0.717, 1.165) is 11.8 Å². The number of carboxylic acids is 1. The number of phenols is 1. The van der Waals surface area contributed by atoms with Crippen molar-refractivity contribution in [2.24, 2.45) is 0 Å². The molecule has 3 N–H and O–H groups in total. The third-order valence-electron chi connectivity index (χ3n) is 3.40. The van der Waals surface area contributed by atoms with Gasteiger partial charge in [-0.2, -0.15) is 0 Å². The molecule has 0 saturated heterocycles. The molecule has 0 spiro atoms. The number of hydrogen-bond donors (Lipinski definition) is 3. The van der Waals surface area contributed by atoms with Crippen molar-refractivity contribution in [2.45, 2.75) is 0 Å². The van der Waals surface area contributed by atoms with Crippen LogP contribution in [0.25, 0.3) is 0 Å². The summed E-state index contributed by atoms with van der Waals surface area (Å²) in [7, 11) is 3.73. The Morgan fingerprint density at radius 1 is 1.30 bits per heavy atom. The zero-order chi connectivity index (χ0) is 16.0. The number of fused-ring (bicyclic) bond motifs is 2. The topological polar surface area (TPSA) is 102 Å². The minimum atomic E-state index is -1.28. The monoisotopic (exact) mass is 336 g/mol. The van der Waals surface area contributed by atoms with Crippen LogP contribution < -0.4 is 27.4 Å². The second-order valence-corrected chi connectivity index (χ2v) is 5.08. The van der Waals surface area contributed by atoms with Crippen molar-refractivity contribution in [1.29, 1.82) is 0 Å². The molecule has 1 aliphatic rings. The maximum absolute atomic E-state index is 11.7. The van der Waals surface area contributed by atoms with Crippen LogP contribution in [0.3, 0.4) is 0 Å². The lowest BCUT2D eigenvalue weighted by Gasteiger charge is -2.24. The van der Waals surface area contributed by atoms with Gasteiger partial charge in [-0.15, -0.1) is 0 Å². The van der Waals surface area contributed by atoms with E-state index in [1.54, 1.807) is 12.1 Å². The molecule has 0 atom stereocenters. The minimum Gasteiger partial charge on any atom is -1.00 e. The third kappa shape index (κ3) is 2.66. The highest BCUT2D eigenvalue weighted by atomic mass is 35.5. The Bertz CT molecular complexity index is 792. The average molecular weight is 337 g/mol. The second-order valence-electron chi connectivity index (χ2n) is 5.08. The van der Waals surface area contributed by atoms with Gasteiger partial charge in [-0.3, -0.25) is 0 Å². The van der Waals surface area contributed by atoms with E-state index in [1.165, 1.54) is 0 Å². The fraction of sp³-hybridized carbons (Fsp3) is 0.133. The smallest absolute Gasteiger partial charge is 0.537 e. The molecule has 0 saturated carbocycles. The van der Waals surface area contributed by atoms with Gasteiger partial charge in [0.05, 0.1) is 17.3 Å². The first-order chi connectivity index (χ1) is 10.4. The molecule has 7 nitrogen and oxygen atoms in total. The summed E-state index contributed by atoms with van der Waals surface area (Å²) >= 11 is 0. The molecule has 2 aromatic carbocycles. The normalized spacial score (nSPS) is 11.2. The number of benzene rings is 2. The highest BCUT2D eigenvalue weighted by molar-refractivity contribution is 6.00. The van der Waals surface area contributed by atoms with Gasteiger partial charge in [-0.05, 0) is 12.1 Å². The van der Waals surface area contributed by atoms with E-state index >= 15 is 0 Å². The molecule has 120 valence electrons. The summed E-state index contributed by atoms with van der Waals surface area (Å²) in [5, 5.41) is 33.6. The van der Waals surface area contributed by atoms with Gasteiger partial charge in [0.25, 0.3) is 5.75 Å². The van der Waals surface area contributed by atoms with Gasteiger partial charge in [-0.25, -0.2) is 4.79 Å². The van der Waals surface area contributed by atoms with Crippen LogP contribution in [-0.2, 0) is 5.11 Å². The number of carboxylic acid groups (broad SMARTS) is 1. The van der Waals surface area contributed by atoms with Gasteiger partial charge in [0, 0.05) is 25.8 Å². The quantitative estimate of drug-likeness (QED) is 0.576. The molecule has 23 heavy (non-hydrogen) atoms. The minimum absolute atomic E-state index is 0. The van der Waals surface area contributed by atoms with Crippen molar-refractivity contribution in [3.63, 3.8) is 0 Å². The van der Waals surface area contributed by atoms with Crippen molar-refractivity contribution in [3.05, 3.63) is 29.8 Å². The van der Waals surface area contributed by atoms with Gasteiger partial charge in [0.1, 0.15) is 5.69 Å². The second kappa shape index (κ2) is 5.77. The lowest BCUT2D eigenvalue weighted by Crippen LogP contribution is -3.00. The standard InChI is InChI=1S/C15H13N2O5.ClH/c1-17(2)7-3-4-9-11(5-7)22-14-12(16-9)8(15(20)21)6-10(18)13(14)19;/h3-6,16,19H,1-2H3,(H,20,21);1H/q+1;/p-1. The maximum atomic E-state index is 11.7. The van der Waals surface area contributed by atoms with Crippen LogP contribution in [0.1, 0.15) is 10.4 Å². The van der Waals surface area contributed by atoms with Crippen LogP contribution in [0, 0.1) is 0 Å². The first kappa shape index (κ1) is 16.6. The number of aromatic hydroxyl groups is 1. The van der Waals surface area contributed by atoms with Crippen LogP contribution in [0.2, 0.25) is 0 Å². The molecule has 3 rings (SSSR count).